The highest BCUT2D eigenvalue weighted by molar-refractivity contribution is 5.97. The molecule has 2 rings (SSSR count). The number of pyridine rings is 1. The van der Waals surface area contributed by atoms with E-state index < -0.39 is 57.6 Å². The predicted octanol–water partition coefficient (Wildman–Crippen LogP) is 3.37. The largest absolute Gasteiger partial charge is 0.465 e. The molecule has 1 aromatic carbocycles. The maximum Gasteiger partial charge on any atom is 0.341 e. The van der Waals surface area contributed by atoms with Crippen molar-refractivity contribution in [1.29, 1.82) is 0 Å². The summed E-state index contributed by atoms with van der Waals surface area (Å²) in [6.45, 7) is 0. The van der Waals surface area contributed by atoms with E-state index in [0.717, 1.165) is 7.11 Å². The van der Waals surface area contributed by atoms with E-state index >= 15 is 0 Å². The Kier molecular flexibility index (Phi) is 4.07. The van der Waals surface area contributed by atoms with Gasteiger partial charge < -0.3 is 4.74 Å². The average molecular weight is 321 g/mol. The fraction of sp³-hybridized carbons (Fsp3) is 0.0769. The van der Waals surface area contributed by atoms with Crippen LogP contribution >= 0.6 is 0 Å². The van der Waals surface area contributed by atoms with E-state index in [-0.39, 0.29) is 0 Å². The smallest absolute Gasteiger partial charge is 0.341 e. The first-order valence-corrected chi connectivity index (χ1v) is 5.54. The Hall–Kier alpha value is -2.58. The lowest BCUT2D eigenvalue weighted by molar-refractivity contribution is 0.0596. The minimum absolute atomic E-state index is 0.530. The maximum atomic E-state index is 13.7. The van der Waals surface area contributed by atoms with Crippen molar-refractivity contribution < 1.29 is 35.9 Å². The predicted molar refractivity (Wildman–Crippen MR) is 60.8 cm³/mol. The van der Waals surface area contributed by atoms with Crippen LogP contribution in [0.4, 0.5) is 26.3 Å². The zero-order chi connectivity index (χ0) is 16.6. The van der Waals surface area contributed by atoms with E-state index in [9.17, 15) is 31.1 Å². The molecule has 0 bridgehead atoms. The molecule has 22 heavy (non-hydrogen) atoms. The van der Waals surface area contributed by atoms with E-state index in [2.05, 4.69) is 9.72 Å². The van der Waals surface area contributed by atoms with Gasteiger partial charge in [0.25, 0.3) is 0 Å². The van der Waals surface area contributed by atoms with Crippen LogP contribution in [0.2, 0.25) is 0 Å². The monoisotopic (exact) mass is 321 g/mol. The number of carbonyl (C=O) groups is 1. The van der Waals surface area contributed by atoms with E-state index in [1.54, 1.807) is 0 Å². The fourth-order valence-corrected chi connectivity index (χ4v) is 1.78. The second-order valence-corrected chi connectivity index (χ2v) is 3.98. The van der Waals surface area contributed by atoms with Gasteiger partial charge in [0.1, 0.15) is 5.56 Å². The lowest BCUT2D eigenvalue weighted by atomic mass is 10.00. The third-order valence-electron chi connectivity index (χ3n) is 2.77. The van der Waals surface area contributed by atoms with Crippen molar-refractivity contribution in [2.45, 2.75) is 0 Å². The summed E-state index contributed by atoms with van der Waals surface area (Å²) < 4.78 is 84.8. The van der Waals surface area contributed by atoms with Crippen molar-refractivity contribution >= 4 is 5.97 Å². The second kappa shape index (κ2) is 5.66. The summed E-state index contributed by atoms with van der Waals surface area (Å²) in [5.41, 5.74) is -3.39. The van der Waals surface area contributed by atoms with Crippen LogP contribution in [-0.2, 0) is 4.74 Å². The number of ether oxygens (including phenoxy) is 1. The molecule has 0 saturated carbocycles. The molecule has 0 amide bonds. The first kappa shape index (κ1) is 15.8. The van der Waals surface area contributed by atoms with Gasteiger partial charge in [-0.2, -0.15) is 0 Å². The third kappa shape index (κ3) is 2.28. The van der Waals surface area contributed by atoms with Gasteiger partial charge in [0.15, 0.2) is 29.1 Å². The number of carbonyl (C=O) groups excluding carboxylic acids is 1. The van der Waals surface area contributed by atoms with Crippen LogP contribution in [0.3, 0.4) is 0 Å². The summed E-state index contributed by atoms with van der Waals surface area (Å²) >= 11 is 0. The SMILES string of the molecule is COC(=O)c1c(F)cncc1-c1c(F)c(F)c(F)c(F)c1F. The molecule has 0 N–H and O–H groups in total. The topological polar surface area (TPSA) is 39.2 Å². The zero-order valence-electron chi connectivity index (χ0n) is 10.7. The molecule has 1 aromatic heterocycles. The molecule has 116 valence electrons. The summed E-state index contributed by atoms with van der Waals surface area (Å²) in [4.78, 5) is 14.7. The second-order valence-electron chi connectivity index (χ2n) is 3.98. The van der Waals surface area contributed by atoms with Crippen molar-refractivity contribution in [1.82, 2.24) is 4.98 Å². The van der Waals surface area contributed by atoms with Crippen LogP contribution < -0.4 is 0 Å². The van der Waals surface area contributed by atoms with Gasteiger partial charge in [0.05, 0.1) is 18.9 Å². The highest BCUT2D eigenvalue weighted by Gasteiger charge is 2.30. The number of methoxy groups -OCH3 is 1. The van der Waals surface area contributed by atoms with Crippen molar-refractivity contribution in [2.24, 2.45) is 0 Å². The standard InChI is InChI=1S/C13H5F6NO2/c1-22-13(21)6-4(2-20-3-5(6)14)7-8(15)10(17)12(19)11(18)9(7)16/h2-3H,1H3. The Morgan fingerprint density at radius 1 is 0.909 bits per heavy atom. The van der Waals surface area contributed by atoms with E-state index in [1.807, 2.05) is 0 Å². The molecule has 0 fully saturated rings. The summed E-state index contributed by atoms with van der Waals surface area (Å²) in [6, 6.07) is 0. The Morgan fingerprint density at radius 3 is 1.91 bits per heavy atom. The Balaban J connectivity index is 2.90. The number of hydrogen-bond donors (Lipinski definition) is 0. The lowest BCUT2D eigenvalue weighted by Crippen LogP contribution is -2.11. The highest BCUT2D eigenvalue weighted by Crippen LogP contribution is 2.34. The van der Waals surface area contributed by atoms with Crippen LogP contribution in [0.25, 0.3) is 11.1 Å². The number of hydrogen-bond acceptors (Lipinski definition) is 3. The summed E-state index contributed by atoms with van der Waals surface area (Å²) in [7, 11) is 0.852. The van der Waals surface area contributed by atoms with Gasteiger partial charge in [-0.05, 0) is 0 Å². The number of benzene rings is 1. The maximum absolute atomic E-state index is 13.7. The summed E-state index contributed by atoms with van der Waals surface area (Å²) in [5.74, 6) is -14.0. The van der Waals surface area contributed by atoms with Crippen molar-refractivity contribution in [3.05, 3.63) is 52.9 Å². The van der Waals surface area contributed by atoms with Crippen molar-refractivity contribution in [3.8, 4) is 11.1 Å². The molecule has 1 heterocycles. The Labute approximate surface area is 119 Å². The molecule has 3 nitrogen and oxygen atoms in total. The molecule has 0 aliphatic rings. The quantitative estimate of drug-likeness (QED) is 0.368. The number of rotatable bonds is 2. The Bertz CT molecular complexity index is 749. The van der Waals surface area contributed by atoms with Gasteiger partial charge in [0.2, 0.25) is 5.82 Å². The van der Waals surface area contributed by atoms with Crippen LogP contribution in [-0.4, -0.2) is 18.1 Å². The number of nitrogens with zero attached hydrogens (tertiary/aromatic N) is 1. The fourth-order valence-electron chi connectivity index (χ4n) is 1.78. The van der Waals surface area contributed by atoms with Crippen molar-refractivity contribution in [3.63, 3.8) is 0 Å². The van der Waals surface area contributed by atoms with Crippen LogP contribution in [0.5, 0.6) is 0 Å². The zero-order valence-corrected chi connectivity index (χ0v) is 10.7. The molecule has 0 radical (unpaired) electrons. The van der Waals surface area contributed by atoms with Gasteiger partial charge >= 0.3 is 5.97 Å². The van der Waals surface area contributed by atoms with Gasteiger partial charge in [-0.25, -0.2) is 31.1 Å². The average Bonchev–Trinajstić information content (AvgIpc) is 2.50. The third-order valence-corrected chi connectivity index (χ3v) is 2.77. The van der Waals surface area contributed by atoms with E-state index in [4.69, 9.17) is 0 Å². The van der Waals surface area contributed by atoms with Gasteiger partial charge in [-0.1, -0.05) is 0 Å². The number of halogens is 6. The minimum atomic E-state index is -2.37. The van der Waals surface area contributed by atoms with Crippen LogP contribution in [0.1, 0.15) is 10.4 Å². The first-order valence-electron chi connectivity index (χ1n) is 5.54. The first-order chi connectivity index (χ1) is 10.3. The summed E-state index contributed by atoms with van der Waals surface area (Å²) in [5, 5.41) is 0. The lowest BCUT2D eigenvalue weighted by Gasteiger charge is -2.11. The number of esters is 1. The normalized spacial score (nSPS) is 10.7. The molecule has 0 aliphatic carbocycles. The molecule has 0 saturated heterocycles. The molecular formula is C13H5F6NO2. The molecule has 0 spiro atoms. The van der Waals surface area contributed by atoms with E-state index in [0.29, 0.717) is 12.4 Å². The molecule has 0 atom stereocenters. The molecular weight excluding hydrogens is 316 g/mol. The van der Waals surface area contributed by atoms with Crippen LogP contribution in [0.15, 0.2) is 12.4 Å². The van der Waals surface area contributed by atoms with Crippen LogP contribution in [0, 0.1) is 34.9 Å². The minimum Gasteiger partial charge on any atom is -0.465 e. The molecule has 2 aromatic rings. The summed E-state index contributed by atoms with van der Waals surface area (Å²) in [6.07, 6.45) is 1.12. The van der Waals surface area contributed by atoms with E-state index in [1.165, 1.54) is 0 Å². The molecule has 0 aliphatic heterocycles. The van der Waals surface area contributed by atoms with Gasteiger partial charge in [-0.15, -0.1) is 0 Å². The highest BCUT2D eigenvalue weighted by atomic mass is 19.2. The van der Waals surface area contributed by atoms with Crippen molar-refractivity contribution in [2.75, 3.05) is 7.11 Å². The number of aromatic nitrogens is 1. The van der Waals surface area contributed by atoms with Gasteiger partial charge in [0, 0.05) is 11.8 Å². The van der Waals surface area contributed by atoms with Gasteiger partial charge in [-0.3, -0.25) is 4.98 Å². The Morgan fingerprint density at radius 2 is 1.41 bits per heavy atom. The molecule has 9 heteroatoms. The molecule has 0 unspecified atom stereocenters.